The fraction of sp³-hybridized carbons (Fsp3) is 0.500. The number of halogens is 3. The molecule has 0 bridgehead atoms. The molecule has 9 heteroatoms. The molecule has 0 aliphatic heterocycles. The first-order valence-corrected chi connectivity index (χ1v) is 7.85. The summed E-state index contributed by atoms with van der Waals surface area (Å²) in [5, 5.41) is 2.61. The van der Waals surface area contributed by atoms with Gasteiger partial charge in [-0.2, -0.15) is 13.2 Å². The minimum atomic E-state index is -4.31. The number of hydrogen-bond acceptors (Lipinski definition) is 4. The minimum Gasteiger partial charge on any atom is -0.372 e. The number of rotatable bonds is 10. The molecule has 0 atom stereocenters. The van der Waals surface area contributed by atoms with Crippen molar-refractivity contribution < 1.29 is 22.7 Å². The average Bonchev–Trinajstić information content (AvgIpc) is 2.93. The van der Waals surface area contributed by atoms with E-state index in [0.29, 0.717) is 25.3 Å². The summed E-state index contributed by atoms with van der Waals surface area (Å²) in [5.41, 5.74) is 2.67. The number of ether oxygens (including phenoxy) is 1. The standard InChI is InChI=1S/C16H21F3N4O2/c1-23(6-5-20-11-24)9-12-2-3-13-14(8-12)22-15(21-13)4-7-25-10-16(17,18)19/h2-3,8,11H,4-7,9-10H2,1H3,(H,20,24)(H,21,22). The summed E-state index contributed by atoms with van der Waals surface area (Å²) < 4.78 is 40.7. The Kier molecular flexibility index (Phi) is 6.77. The van der Waals surface area contributed by atoms with Gasteiger partial charge < -0.3 is 19.9 Å². The lowest BCUT2D eigenvalue weighted by molar-refractivity contribution is -0.173. The second kappa shape index (κ2) is 8.82. The van der Waals surface area contributed by atoms with Crippen LogP contribution in [0.15, 0.2) is 18.2 Å². The van der Waals surface area contributed by atoms with E-state index in [1.807, 2.05) is 25.2 Å². The van der Waals surface area contributed by atoms with Gasteiger partial charge in [-0.3, -0.25) is 4.79 Å². The fourth-order valence-electron chi connectivity index (χ4n) is 2.39. The maximum Gasteiger partial charge on any atom is 0.411 e. The highest BCUT2D eigenvalue weighted by Gasteiger charge is 2.27. The van der Waals surface area contributed by atoms with Crippen LogP contribution < -0.4 is 5.32 Å². The Hall–Kier alpha value is -2.13. The van der Waals surface area contributed by atoms with Crippen LogP contribution in [0.4, 0.5) is 13.2 Å². The number of H-pyrrole nitrogens is 1. The third-order valence-electron chi connectivity index (χ3n) is 3.52. The fourth-order valence-corrected chi connectivity index (χ4v) is 2.39. The Bertz CT molecular complexity index is 688. The van der Waals surface area contributed by atoms with E-state index in [-0.39, 0.29) is 13.0 Å². The van der Waals surface area contributed by atoms with Crippen LogP contribution >= 0.6 is 0 Å². The zero-order valence-corrected chi connectivity index (χ0v) is 13.9. The molecule has 138 valence electrons. The molecular weight excluding hydrogens is 337 g/mol. The number of amides is 1. The van der Waals surface area contributed by atoms with Crippen molar-refractivity contribution in [2.75, 3.05) is 33.4 Å². The number of nitrogens with zero attached hydrogens (tertiary/aromatic N) is 2. The monoisotopic (exact) mass is 358 g/mol. The summed E-state index contributed by atoms with van der Waals surface area (Å²) in [6.07, 6.45) is -3.35. The van der Waals surface area contributed by atoms with E-state index in [4.69, 9.17) is 0 Å². The SMILES string of the molecule is CN(CCNC=O)Cc1ccc2nc(CCOCC(F)(F)F)[nH]c2c1. The summed E-state index contributed by atoms with van der Waals surface area (Å²) in [6, 6.07) is 5.79. The van der Waals surface area contributed by atoms with Gasteiger partial charge in [0.15, 0.2) is 0 Å². The summed E-state index contributed by atoms with van der Waals surface area (Å²) in [4.78, 5) is 19.8. The van der Waals surface area contributed by atoms with E-state index in [2.05, 4.69) is 24.9 Å². The molecule has 0 unspecified atom stereocenters. The molecule has 1 aromatic heterocycles. The van der Waals surface area contributed by atoms with Crippen LogP contribution in [0, 0.1) is 0 Å². The molecule has 0 saturated heterocycles. The third kappa shape index (κ3) is 6.71. The quantitative estimate of drug-likeness (QED) is 0.502. The van der Waals surface area contributed by atoms with Crippen molar-refractivity contribution in [3.05, 3.63) is 29.6 Å². The molecule has 0 fully saturated rings. The Labute approximate surface area is 143 Å². The van der Waals surface area contributed by atoms with Crippen molar-refractivity contribution in [1.29, 1.82) is 0 Å². The highest BCUT2D eigenvalue weighted by atomic mass is 19.4. The van der Waals surface area contributed by atoms with Gasteiger partial charge in [0, 0.05) is 26.1 Å². The van der Waals surface area contributed by atoms with E-state index in [0.717, 1.165) is 23.1 Å². The van der Waals surface area contributed by atoms with Crippen molar-refractivity contribution in [3.63, 3.8) is 0 Å². The molecule has 2 rings (SSSR count). The van der Waals surface area contributed by atoms with Crippen molar-refractivity contribution in [1.82, 2.24) is 20.2 Å². The highest BCUT2D eigenvalue weighted by molar-refractivity contribution is 5.75. The molecule has 0 saturated carbocycles. The van der Waals surface area contributed by atoms with Crippen LogP contribution in [0.2, 0.25) is 0 Å². The van der Waals surface area contributed by atoms with Gasteiger partial charge in [-0.05, 0) is 24.7 Å². The molecule has 0 radical (unpaired) electrons. The number of carbonyl (C=O) groups excluding carboxylic acids is 1. The molecular formula is C16H21F3N4O2. The molecule has 1 heterocycles. The number of alkyl halides is 3. The molecule has 6 nitrogen and oxygen atoms in total. The van der Waals surface area contributed by atoms with Crippen LogP contribution in [0.1, 0.15) is 11.4 Å². The maximum atomic E-state index is 12.0. The van der Waals surface area contributed by atoms with Crippen LogP contribution in [-0.2, 0) is 22.5 Å². The summed E-state index contributed by atoms with van der Waals surface area (Å²) in [5.74, 6) is 0.595. The van der Waals surface area contributed by atoms with Crippen LogP contribution in [0.25, 0.3) is 11.0 Å². The first kappa shape index (κ1) is 19.2. The van der Waals surface area contributed by atoms with E-state index >= 15 is 0 Å². The van der Waals surface area contributed by atoms with Crippen molar-refractivity contribution >= 4 is 17.4 Å². The Morgan fingerprint density at radius 2 is 2.20 bits per heavy atom. The summed E-state index contributed by atoms with van der Waals surface area (Å²) in [7, 11) is 1.95. The van der Waals surface area contributed by atoms with E-state index < -0.39 is 12.8 Å². The second-order valence-corrected chi connectivity index (χ2v) is 5.76. The number of nitrogens with one attached hydrogen (secondary N) is 2. The second-order valence-electron chi connectivity index (χ2n) is 5.76. The molecule has 0 spiro atoms. The number of carbonyl (C=O) groups is 1. The first-order valence-electron chi connectivity index (χ1n) is 7.85. The van der Waals surface area contributed by atoms with Crippen molar-refractivity contribution in [2.45, 2.75) is 19.1 Å². The summed E-state index contributed by atoms with van der Waals surface area (Å²) >= 11 is 0. The molecule has 2 aromatic rings. The van der Waals surface area contributed by atoms with Gasteiger partial charge in [0.25, 0.3) is 0 Å². The zero-order chi connectivity index (χ0) is 18.3. The van der Waals surface area contributed by atoms with Gasteiger partial charge in [0.05, 0.1) is 17.6 Å². The first-order chi connectivity index (χ1) is 11.9. The van der Waals surface area contributed by atoms with Crippen LogP contribution in [-0.4, -0.2) is 60.8 Å². The number of aromatic nitrogens is 2. The molecule has 0 aliphatic carbocycles. The van der Waals surface area contributed by atoms with E-state index in [1.165, 1.54) is 0 Å². The smallest absolute Gasteiger partial charge is 0.372 e. The molecule has 0 aliphatic rings. The lowest BCUT2D eigenvalue weighted by Gasteiger charge is -2.16. The average molecular weight is 358 g/mol. The number of benzene rings is 1. The topological polar surface area (TPSA) is 70.2 Å². The van der Waals surface area contributed by atoms with E-state index in [1.54, 1.807) is 0 Å². The zero-order valence-electron chi connectivity index (χ0n) is 13.9. The van der Waals surface area contributed by atoms with Gasteiger partial charge in [-0.15, -0.1) is 0 Å². The van der Waals surface area contributed by atoms with Crippen LogP contribution in [0.5, 0.6) is 0 Å². The maximum absolute atomic E-state index is 12.0. The normalized spacial score (nSPS) is 12.0. The molecule has 1 aromatic carbocycles. The van der Waals surface area contributed by atoms with Crippen molar-refractivity contribution in [2.24, 2.45) is 0 Å². The third-order valence-corrected chi connectivity index (χ3v) is 3.52. The van der Waals surface area contributed by atoms with Gasteiger partial charge in [0.1, 0.15) is 12.4 Å². The molecule has 2 N–H and O–H groups in total. The predicted octanol–water partition coefficient (Wildman–Crippen LogP) is 1.86. The highest BCUT2D eigenvalue weighted by Crippen LogP contribution is 2.16. The Morgan fingerprint density at radius 1 is 1.40 bits per heavy atom. The number of imidazole rings is 1. The Morgan fingerprint density at radius 3 is 2.92 bits per heavy atom. The van der Waals surface area contributed by atoms with Gasteiger partial charge in [0.2, 0.25) is 6.41 Å². The van der Waals surface area contributed by atoms with Crippen LogP contribution in [0.3, 0.4) is 0 Å². The number of likely N-dealkylation sites (N-methyl/N-ethyl adjacent to an activating group) is 1. The molecule has 25 heavy (non-hydrogen) atoms. The van der Waals surface area contributed by atoms with Crippen molar-refractivity contribution in [3.8, 4) is 0 Å². The number of aromatic amines is 1. The minimum absolute atomic E-state index is 0.0430. The lowest BCUT2D eigenvalue weighted by atomic mass is 10.2. The number of hydrogen-bond donors (Lipinski definition) is 2. The largest absolute Gasteiger partial charge is 0.411 e. The van der Waals surface area contributed by atoms with E-state index in [9.17, 15) is 18.0 Å². The van der Waals surface area contributed by atoms with Gasteiger partial charge in [-0.25, -0.2) is 4.98 Å². The summed E-state index contributed by atoms with van der Waals surface area (Å²) in [6.45, 7) is 0.719. The number of fused-ring (bicyclic) bond motifs is 1. The van der Waals surface area contributed by atoms with Gasteiger partial charge >= 0.3 is 6.18 Å². The lowest BCUT2D eigenvalue weighted by Crippen LogP contribution is -2.28. The molecule has 1 amide bonds. The Balaban J connectivity index is 1.88. The predicted molar refractivity (Wildman–Crippen MR) is 87.1 cm³/mol. The van der Waals surface area contributed by atoms with Gasteiger partial charge in [-0.1, -0.05) is 6.07 Å².